The number of benzene rings is 1. The zero-order valence-corrected chi connectivity index (χ0v) is 20.1. The van der Waals surface area contributed by atoms with Crippen LogP contribution in [0.3, 0.4) is 0 Å². The Morgan fingerprint density at radius 1 is 1.03 bits per heavy atom. The van der Waals surface area contributed by atoms with Gasteiger partial charge in [-0.1, -0.05) is 55.4 Å². The zero-order chi connectivity index (χ0) is 21.4. The summed E-state index contributed by atoms with van der Waals surface area (Å²) in [4.78, 5) is 18.7. The summed E-state index contributed by atoms with van der Waals surface area (Å²) >= 11 is 3.40. The molecule has 3 aromatic heterocycles. The van der Waals surface area contributed by atoms with Crippen LogP contribution in [-0.2, 0) is 12.8 Å². The standard InChI is InChI=1S/C25H28N4S2/c1-4-6-15-29(5-2)23-22-21(27-25(28-23)30-3)19-17-13-10-14-18(17)20(26-24(19)31-22)16-11-8-7-9-12-16/h7-9,11-12H,4-6,10,13-15H2,1-3H3. The van der Waals surface area contributed by atoms with Crippen LogP contribution >= 0.6 is 23.1 Å². The molecular formula is C25H28N4S2. The highest BCUT2D eigenvalue weighted by molar-refractivity contribution is 7.98. The van der Waals surface area contributed by atoms with E-state index in [2.05, 4.69) is 55.3 Å². The molecule has 4 aromatic rings. The molecular weight excluding hydrogens is 420 g/mol. The molecule has 0 bridgehead atoms. The molecule has 0 amide bonds. The third-order valence-corrected chi connectivity index (χ3v) is 7.80. The number of pyridine rings is 1. The van der Waals surface area contributed by atoms with Crippen molar-refractivity contribution in [2.75, 3.05) is 24.2 Å². The molecule has 1 aromatic carbocycles. The second-order valence-electron chi connectivity index (χ2n) is 8.06. The van der Waals surface area contributed by atoms with Gasteiger partial charge in [-0.25, -0.2) is 15.0 Å². The summed E-state index contributed by atoms with van der Waals surface area (Å²) in [5, 5.41) is 2.13. The van der Waals surface area contributed by atoms with Gasteiger partial charge in [0.1, 0.15) is 4.83 Å². The van der Waals surface area contributed by atoms with E-state index in [-0.39, 0.29) is 0 Å². The molecule has 0 saturated heterocycles. The second kappa shape index (κ2) is 8.75. The van der Waals surface area contributed by atoms with Crippen molar-refractivity contribution < 1.29 is 0 Å². The first kappa shape index (κ1) is 20.7. The summed E-state index contributed by atoms with van der Waals surface area (Å²) in [5.74, 6) is 1.08. The van der Waals surface area contributed by atoms with Gasteiger partial charge in [-0.15, -0.1) is 11.3 Å². The van der Waals surface area contributed by atoms with Gasteiger partial charge in [0.25, 0.3) is 0 Å². The van der Waals surface area contributed by atoms with Crippen LogP contribution in [0.25, 0.3) is 31.7 Å². The first-order valence-electron chi connectivity index (χ1n) is 11.3. The number of rotatable bonds is 7. The summed E-state index contributed by atoms with van der Waals surface area (Å²) in [6.07, 6.45) is 7.83. The van der Waals surface area contributed by atoms with Gasteiger partial charge in [-0.05, 0) is 50.0 Å². The molecule has 4 nitrogen and oxygen atoms in total. The van der Waals surface area contributed by atoms with E-state index in [0.717, 1.165) is 52.9 Å². The van der Waals surface area contributed by atoms with Crippen LogP contribution in [0.4, 0.5) is 5.82 Å². The highest BCUT2D eigenvalue weighted by atomic mass is 32.2. The Morgan fingerprint density at radius 2 is 1.84 bits per heavy atom. The highest BCUT2D eigenvalue weighted by Gasteiger charge is 2.26. The van der Waals surface area contributed by atoms with E-state index in [0.29, 0.717) is 0 Å². The van der Waals surface area contributed by atoms with Crippen molar-refractivity contribution in [1.82, 2.24) is 15.0 Å². The van der Waals surface area contributed by atoms with E-state index in [9.17, 15) is 0 Å². The Morgan fingerprint density at radius 3 is 2.58 bits per heavy atom. The van der Waals surface area contributed by atoms with E-state index in [1.54, 1.807) is 23.1 Å². The van der Waals surface area contributed by atoms with Gasteiger partial charge in [0.15, 0.2) is 11.0 Å². The SMILES string of the molecule is CCCCN(CC)c1nc(SC)nc2c1sc1nc(-c3ccccc3)c3c(c12)CCC3. The van der Waals surface area contributed by atoms with Gasteiger partial charge < -0.3 is 4.90 Å². The average molecular weight is 449 g/mol. The van der Waals surface area contributed by atoms with Crippen molar-refractivity contribution in [3.8, 4) is 11.3 Å². The number of nitrogens with zero attached hydrogens (tertiary/aromatic N) is 4. The van der Waals surface area contributed by atoms with Gasteiger partial charge in [0.2, 0.25) is 0 Å². The Labute approximate surface area is 192 Å². The van der Waals surface area contributed by atoms with Gasteiger partial charge in [-0.3, -0.25) is 0 Å². The lowest BCUT2D eigenvalue weighted by Crippen LogP contribution is -2.25. The summed E-state index contributed by atoms with van der Waals surface area (Å²) in [6, 6.07) is 10.6. The van der Waals surface area contributed by atoms with Crippen molar-refractivity contribution in [3.05, 3.63) is 41.5 Å². The Bertz CT molecular complexity index is 1230. The third kappa shape index (κ3) is 3.60. The van der Waals surface area contributed by atoms with Crippen molar-refractivity contribution in [1.29, 1.82) is 0 Å². The molecule has 6 heteroatoms. The lowest BCUT2D eigenvalue weighted by Gasteiger charge is -2.22. The number of unbranched alkanes of at least 4 members (excludes halogenated alkanes) is 1. The molecule has 0 unspecified atom stereocenters. The molecule has 31 heavy (non-hydrogen) atoms. The van der Waals surface area contributed by atoms with Crippen molar-refractivity contribution in [2.45, 2.75) is 51.1 Å². The van der Waals surface area contributed by atoms with Crippen molar-refractivity contribution >= 4 is 49.3 Å². The maximum Gasteiger partial charge on any atom is 0.189 e. The molecule has 0 N–H and O–H groups in total. The fourth-order valence-corrected chi connectivity index (χ4v) is 6.16. The smallest absolute Gasteiger partial charge is 0.189 e. The normalized spacial score (nSPS) is 13.3. The predicted molar refractivity (Wildman–Crippen MR) is 135 cm³/mol. The van der Waals surface area contributed by atoms with Crippen LogP contribution in [-0.4, -0.2) is 34.3 Å². The molecule has 0 aliphatic heterocycles. The van der Waals surface area contributed by atoms with E-state index in [1.165, 1.54) is 46.0 Å². The topological polar surface area (TPSA) is 41.9 Å². The van der Waals surface area contributed by atoms with Crippen molar-refractivity contribution in [2.24, 2.45) is 0 Å². The number of anilines is 1. The fourth-order valence-electron chi connectivity index (χ4n) is 4.63. The largest absolute Gasteiger partial charge is 0.356 e. The first-order valence-corrected chi connectivity index (χ1v) is 13.3. The minimum atomic E-state index is 0.857. The molecule has 0 spiro atoms. The number of thiophene rings is 1. The molecule has 160 valence electrons. The molecule has 0 saturated carbocycles. The average Bonchev–Trinajstić information content (AvgIpc) is 3.43. The van der Waals surface area contributed by atoms with Crippen LogP contribution in [0, 0.1) is 0 Å². The predicted octanol–water partition coefficient (Wildman–Crippen LogP) is 6.74. The molecule has 0 radical (unpaired) electrons. The summed E-state index contributed by atoms with van der Waals surface area (Å²) in [7, 11) is 0. The van der Waals surface area contributed by atoms with Crippen LogP contribution in [0.15, 0.2) is 35.5 Å². The molecule has 0 atom stereocenters. The lowest BCUT2D eigenvalue weighted by atomic mass is 10.0. The van der Waals surface area contributed by atoms with E-state index in [4.69, 9.17) is 15.0 Å². The summed E-state index contributed by atoms with van der Waals surface area (Å²) in [5.41, 5.74) is 6.36. The van der Waals surface area contributed by atoms with E-state index >= 15 is 0 Å². The third-order valence-electron chi connectivity index (χ3n) is 6.19. The number of aromatic nitrogens is 3. The highest BCUT2D eigenvalue weighted by Crippen LogP contribution is 2.44. The van der Waals surface area contributed by atoms with E-state index in [1.807, 2.05) is 0 Å². The summed E-state index contributed by atoms with van der Waals surface area (Å²) in [6.45, 7) is 6.45. The lowest BCUT2D eigenvalue weighted by molar-refractivity contribution is 0.721. The van der Waals surface area contributed by atoms with Crippen molar-refractivity contribution in [3.63, 3.8) is 0 Å². The van der Waals surface area contributed by atoms with Crippen LogP contribution in [0.2, 0.25) is 0 Å². The van der Waals surface area contributed by atoms with E-state index < -0.39 is 0 Å². The number of hydrogen-bond acceptors (Lipinski definition) is 6. The molecule has 3 heterocycles. The minimum Gasteiger partial charge on any atom is -0.356 e. The molecule has 1 aliphatic rings. The monoisotopic (exact) mass is 448 g/mol. The Hall–Kier alpha value is -2.18. The maximum absolute atomic E-state index is 5.22. The Kier molecular flexibility index (Phi) is 5.85. The number of fused-ring (bicyclic) bond motifs is 5. The Balaban J connectivity index is 1.80. The van der Waals surface area contributed by atoms with Gasteiger partial charge in [0.05, 0.1) is 15.9 Å². The molecule has 0 fully saturated rings. The van der Waals surface area contributed by atoms with Crippen LogP contribution < -0.4 is 4.90 Å². The minimum absolute atomic E-state index is 0.857. The number of aryl methyl sites for hydroxylation is 1. The zero-order valence-electron chi connectivity index (χ0n) is 18.4. The second-order valence-corrected chi connectivity index (χ2v) is 9.84. The number of thioether (sulfide) groups is 1. The summed E-state index contributed by atoms with van der Waals surface area (Å²) < 4.78 is 1.19. The maximum atomic E-state index is 5.22. The number of hydrogen-bond donors (Lipinski definition) is 0. The van der Waals surface area contributed by atoms with Crippen LogP contribution in [0.1, 0.15) is 44.2 Å². The molecule has 5 rings (SSSR count). The van der Waals surface area contributed by atoms with Crippen LogP contribution in [0.5, 0.6) is 0 Å². The van der Waals surface area contributed by atoms with Gasteiger partial charge >= 0.3 is 0 Å². The fraction of sp³-hybridized carbons (Fsp3) is 0.400. The quantitative estimate of drug-likeness (QED) is 0.231. The molecule has 1 aliphatic carbocycles. The van der Waals surface area contributed by atoms with Gasteiger partial charge in [-0.2, -0.15) is 0 Å². The first-order chi connectivity index (χ1) is 15.2. The van der Waals surface area contributed by atoms with Gasteiger partial charge in [0, 0.05) is 24.0 Å².